The third kappa shape index (κ3) is 5.98. The van der Waals surface area contributed by atoms with Crippen molar-refractivity contribution in [2.75, 3.05) is 33.3 Å². The second kappa shape index (κ2) is 10.8. The summed E-state index contributed by atoms with van der Waals surface area (Å²) in [6.07, 6.45) is 1.16. The molecule has 0 atom stereocenters. The van der Waals surface area contributed by atoms with Gasteiger partial charge in [-0.2, -0.15) is 0 Å². The average Bonchev–Trinajstić information content (AvgIpc) is 2.81. The van der Waals surface area contributed by atoms with E-state index in [-0.39, 0.29) is 23.6 Å². The van der Waals surface area contributed by atoms with Gasteiger partial charge in [-0.15, -0.1) is 0 Å². The predicted octanol–water partition coefficient (Wildman–Crippen LogP) is 2.75. The van der Waals surface area contributed by atoms with Crippen LogP contribution in [0.1, 0.15) is 33.6 Å². The van der Waals surface area contributed by atoms with Gasteiger partial charge in [0.2, 0.25) is 5.91 Å². The van der Waals surface area contributed by atoms with Crippen LogP contribution in [0.15, 0.2) is 48.5 Å². The number of rotatable bonds is 7. The minimum Gasteiger partial charge on any atom is -0.496 e. The Hall–Kier alpha value is -3.06. The minimum absolute atomic E-state index is 0.0543. The fourth-order valence-corrected chi connectivity index (χ4v) is 3.73. The van der Waals surface area contributed by atoms with Gasteiger partial charge in [0.15, 0.2) is 0 Å². The van der Waals surface area contributed by atoms with Crippen molar-refractivity contribution in [2.24, 2.45) is 5.92 Å². The third-order valence-corrected chi connectivity index (χ3v) is 5.53. The molecule has 0 aromatic heterocycles. The number of likely N-dealkylation sites (tertiary alicyclic amines) is 1. The highest BCUT2D eigenvalue weighted by Gasteiger charge is 2.29. The molecule has 2 aromatic carbocycles. The summed E-state index contributed by atoms with van der Waals surface area (Å²) in [7, 11) is 1.51. The zero-order valence-electron chi connectivity index (χ0n) is 17.4. The molecule has 31 heavy (non-hydrogen) atoms. The molecule has 2 aromatic rings. The monoisotopic (exact) mass is 443 g/mol. The maximum absolute atomic E-state index is 12.8. The molecule has 0 unspecified atom stereocenters. The number of halogens is 1. The summed E-state index contributed by atoms with van der Waals surface area (Å²) in [6, 6.07) is 13.9. The second-order valence-corrected chi connectivity index (χ2v) is 7.76. The largest absolute Gasteiger partial charge is 0.496 e. The summed E-state index contributed by atoms with van der Waals surface area (Å²) in [4.78, 5) is 39.0. The molecule has 0 saturated carbocycles. The topological polar surface area (TPSA) is 87.7 Å². The number of hydrogen-bond donors (Lipinski definition) is 2. The normalized spacial score (nSPS) is 14.1. The number of benzene rings is 2. The number of nitrogens with zero attached hydrogens (tertiary/aromatic N) is 1. The van der Waals surface area contributed by atoms with Gasteiger partial charge < -0.3 is 20.3 Å². The first-order chi connectivity index (χ1) is 15.0. The molecule has 3 amide bonds. The van der Waals surface area contributed by atoms with Crippen molar-refractivity contribution in [3.8, 4) is 5.75 Å². The molecular weight excluding hydrogens is 418 g/mol. The van der Waals surface area contributed by atoms with E-state index in [0.29, 0.717) is 60.9 Å². The van der Waals surface area contributed by atoms with Crippen LogP contribution < -0.4 is 15.4 Å². The Balaban J connectivity index is 1.42. The van der Waals surface area contributed by atoms with Gasteiger partial charge >= 0.3 is 0 Å². The van der Waals surface area contributed by atoms with Crippen LogP contribution in [0.2, 0.25) is 5.02 Å². The van der Waals surface area contributed by atoms with Crippen molar-refractivity contribution in [2.45, 2.75) is 12.8 Å². The van der Waals surface area contributed by atoms with Crippen LogP contribution in [0.3, 0.4) is 0 Å². The number of amides is 3. The number of ether oxygens (including phenoxy) is 1. The fourth-order valence-electron chi connectivity index (χ4n) is 3.56. The first-order valence-corrected chi connectivity index (χ1v) is 10.6. The van der Waals surface area contributed by atoms with Crippen molar-refractivity contribution in [1.82, 2.24) is 15.5 Å². The highest BCUT2D eigenvalue weighted by Crippen LogP contribution is 2.26. The molecule has 1 saturated heterocycles. The Morgan fingerprint density at radius 1 is 1.03 bits per heavy atom. The van der Waals surface area contributed by atoms with E-state index >= 15 is 0 Å². The molecule has 8 heteroatoms. The van der Waals surface area contributed by atoms with Gasteiger partial charge in [-0.1, -0.05) is 29.8 Å². The van der Waals surface area contributed by atoms with Crippen LogP contribution in [0.25, 0.3) is 0 Å². The predicted molar refractivity (Wildman–Crippen MR) is 118 cm³/mol. The smallest absolute Gasteiger partial charge is 0.257 e. The lowest BCUT2D eigenvalue weighted by atomic mass is 9.95. The SMILES string of the molecule is COc1ccc(Cl)cc1C(=O)N1CCC(C(=O)NCCNC(=O)c2ccccc2)CC1. The Labute approximate surface area is 186 Å². The van der Waals surface area contributed by atoms with Crippen molar-refractivity contribution in [3.63, 3.8) is 0 Å². The highest BCUT2D eigenvalue weighted by atomic mass is 35.5. The van der Waals surface area contributed by atoms with E-state index in [1.54, 1.807) is 47.4 Å². The number of carbonyl (C=O) groups is 3. The number of methoxy groups -OCH3 is 1. The molecule has 164 valence electrons. The molecule has 0 spiro atoms. The third-order valence-electron chi connectivity index (χ3n) is 5.29. The van der Waals surface area contributed by atoms with Gasteiger partial charge in [0, 0.05) is 42.7 Å². The summed E-state index contributed by atoms with van der Waals surface area (Å²) < 4.78 is 5.27. The molecule has 0 bridgehead atoms. The summed E-state index contributed by atoms with van der Waals surface area (Å²) in [5, 5.41) is 6.12. The van der Waals surface area contributed by atoms with Gasteiger partial charge in [0.25, 0.3) is 11.8 Å². The highest BCUT2D eigenvalue weighted by molar-refractivity contribution is 6.31. The molecular formula is C23H26ClN3O4. The summed E-state index contributed by atoms with van der Waals surface area (Å²) in [5.74, 6) is -0.0525. The number of carbonyl (C=O) groups excluding carboxylic acids is 3. The van der Waals surface area contributed by atoms with Crippen molar-refractivity contribution >= 4 is 29.3 Å². The van der Waals surface area contributed by atoms with Crippen LogP contribution in [-0.2, 0) is 4.79 Å². The lowest BCUT2D eigenvalue weighted by molar-refractivity contribution is -0.126. The van der Waals surface area contributed by atoms with E-state index in [1.807, 2.05) is 6.07 Å². The molecule has 1 aliphatic rings. The van der Waals surface area contributed by atoms with E-state index in [4.69, 9.17) is 16.3 Å². The Morgan fingerprint density at radius 2 is 1.71 bits per heavy atom. The molecule has 1 aliphatic heterocycles. The standard InChI is InChI=1S/C23H26ClN3O4/c1-31-20-8-7-18(24)15-19(20)23(30)27-13-9-17(10-14-27)22(29)26-12-11-25-21(28)16-5-3-2-4-6-16/h2-8,15,17H,9-14H2,1H3,(H,25,28)(H,26,29). The lowest BCUT2D eigenvalue weighted by Crippen LogP contribution is -2.44. The molecule has 0 radical (unpaired) electrons. The van der Waals surface area contributed by atoms with Crippen LogP contribution in [0.4, 0.5) is 0 Å². The molecule has 3 rings (SSSR count). The first-order valence-electron chi connectivity index (χ1n) is 10.2. The lowest BCUT2D eigenvalue weighted by Gasteiger charge is -2.31. The Bertz CT molecular complexity index is 928. The average molecular weight is 444 g/mol. The van der Waals surface area contributed by atoms with Gasteiger partial charge in [-0.05, 0) is 43.2 Å². The van der Waals surface area contributed by atoms with E-state index in [1.165, 1.54) is 7.11 Å². The van der Waals surface area contributed by atoms with Gasteiger partial charge in [-0.3, -0.25) is 14.4 Å². The quantitative estimate of drug-likeness (QED) is 0.644. The zero-order chi connectivity index (χ0) is 22.2. The maximum Gasteiger partial charge on any atom is 0.257 e. The number of piperidine rings is 1. The number of hydrogen-bond acceptors (Lipinski definition) is 4. The van der Waals surface area contributed by atoms with E-state index < -0.39 is 0 Å². The Kier molecular flexibility index (Phi) is 7.89. The van der Waals surface area contributed by atoms with Gasteiger partial charge in [0.05, 0.1) is 12.7 Å². The Morgan fingerprint density at radius 3 is 2.39 bits per heavy atom. The summed E-state index contributed by atoms with van der Waals surface area (Å²) in [5.41, 5.74) is 1.01. The van der Waals surface area contributed by atoms with Crippen LogP contribution in [-0.4, -0.2) is 55.9 Å². The van der Waals surface area contributed by atoms with Gasteiger partial charge in [-0.25, -0.2) is 0 Å². The molecule has 1 heterocycles. The minimum atomic E-state index is -0.168. The fraction of sp³-hybridized carbons (Fsp3) is 0.348. The van der Waals surface area contributed by atoms with Crippen molar-refractivity contribution in [3.05, 3.63) is 64.7 Å². The first kappa shape index (κ1) is 22.6. The second-order valence-electron chi connectivity index (χ2n) is 7.32. The van der Waals surface area contributed by atoms with E-state index in [0.717, 1.165) is 0 Å². The zero-order valence-corrected chi connectivity index (χ0v) is 18.2. The van der Waals surface area contributed by atoms with Gasteiger partial charge in [0.1, 0.15) is 5.75 Å². The maximum atomic E-state index is 12.8. The van der Waals surface area contributed by atoms with Crippen LogP contribution in [0.5, 0.6) is 5.75 Å². The van der Waals surface area contributed by atoms with Crippen molar-refractivity contribution < 1.29 is 19.1 Å². The van der Waals surface area contributed by atoms with E-state index in [2.05, 4.69) is 10.6 Å². The van der Waals surface area contributed by atoms with E-state index in [9.17, 15) is 14.4 Å². The molecule has 2 N–H and O–H groups in total. The summed E-state index contributed by atoms with van der Waals surface area (Å²) >= 11 is 6.03. The molecule has 7 nitrogen and oxygen atoms in total. The number of nitrogens with one attached hydrogen (secondary N) is 2. The van der Waals surface area contributed by atoms with Crippen molar-refractivity contribution in [1.29, 1.82) is 0 Å². The molecule has 0 aliphatic carbocycles. The van der Waals surface area contributed by atoms with Crippen LogP contribution in [0, 0.1) is 5.92 Å². The molecule has 1 fully saturated rings. The van der Waals surface area contributed by atoms with Crippen LogP contribution >= 0.6 is 11.6 Å². The summed E-state index contributed by atoms with van der Waals surface area (Å²) in [6.45, 7) is 1.68.